The molecule has 0 amide bonds. The first-order chi connectivity index (χ1) is 7.20. The second-order valence-corrected chi connectivity index (χ2v) is 5.01. The lowest BCUT2D eigenvalue weighted by atomic mass is 10.0. The minimum absolute atomic E-state index is 0.109. The van der Waals surface area contributed by atoms with Gasteiger partial charge in [-0.25, -0.2) is 0 Å². The van der Waals surface area contributed by atoms with Crippen molar-refractivity contribution in [1.82, 2.24) is 0 Å². The van der Waals surface area contributed by atoms with E-state index in [2.05, 4.69) is 38.1 Å². The van der Waals surface area contributed by atoms with Crippen molar-refractivity contribution < 1.29 is 5.11 Å². The van der Waals surface area contributed by atoms with Crippen LogP contribution >= 0.6 is 11.3 Å². The van der Waals surface area contributed by atoms with Gasteiger partial charge in [0.1, 0.15) is 0 Å². The van der Waals surface area contributed by atoms with Crippen molar-refractivity contribution in [2.75, 3.05) is 0 Å². The summed E-state index contributed by atoms with van der Waals surface area (Å²) in [4.78, 5) is 2.60. The lowest BCUT2D eigenvalue weighted by Gasteiger charge is -2.05. The second-order valence-electron chi connectivity index (χ2n) is 3.72. The van der Waals surface area contributed by atoms with E-state index in [1.165, 1.54) is 20.9 Å². The smallest absolute Gasteiger partial charge is 0.0682 e. The average Bonchev–Trinajstić information content (AvgIpc) is 2.65. The van der Waals surface area contributed by atoms with Crippen LogP contribution in [0.4, 0.5) is 0 Å². The van der Waals surface area contributed by atoms with Crippen LogP contribution in [0.5, 0.6) is 0 Å². The van der Waals surface area contributed by atoms with Crippen molar-refractivity contribution in [3.8, 4) is 10.4 Å². The fourth-order valence-corrected chi connectivity index (χ4v) is 2.56. The van der Waals surface area contributed by atoms with Crippen LogP contribution < -0.4 is 0 Å². The standard InChI is InChI=1S/C13H14OS/c1-9-3-5-11(8-14)7-12(9)13-6-4-10(2)15-13/h3-7,14H,8H2,1-2H3. The highest BCUT2D eigenvalue weighted by Gasteiger charge is 2.05. The summed E-state index contributed by atoms with van der Waals surface area (Å²) in [5.74, 6) is 0. The van der Waals surface area contributed by atoms with E-state index in [0.29, 0.717) is 0 Å². The van der Waals surface area contributed by atoms with Gasteiger partial charge in [-0.1, -0.05) is 12.1 Å². The zero-order chi connectivity index (χ0) is 10.8. The maximum atomic E-state index is 9.11. The Kier molecular flexibility index (Phi) is 2.89. The summed E-state index contributed by atoms with van der Waals surface area (Å²) in [6.07, 6.45) is 0. The number of thiophene rings is 1. The molecule has 0 spiro atoms. The lowest BCUT2D eigenvalue weighted by molar-refractivity contribution is 0.282. The average molecular weight is 218 g/mol. The predicted molar refractivity (Wildman–Crippen MR) is 65.2 cm³/mol. The zero-order valence-electron chi connectivity index (χ0n) is 8.95. The summed E-state index contributed by atoms with van der Waals surface area (Å²) in [5.41, 5.74) is 3.47. The Morgan fingerprint density at radius 2 is 1.93 bits per heavy atom. The third-order valence-electron chi connectivity index (χ3n) is 2.49. The molecule has 0 bridgehead atoms. The van der Waals surface area contributed by atoms with Crippen molar-refractivity contribution in [3.63, 3.8) is 0 Å². The van der Waals surface area contributed by atoms with E-state index in [1.54, 1.807) is 11.3 Å². The third kappa shape index (κ3) is 2.11. The molecule has 0 aliphatic carbocycles. The molecule has 78 valence electrons. The normalized spacial score (nSPS) is 10.6. The summed E-state index contributed by atoms with van der Waals surface area (Å²) in [7, 11) is 0. The minimum atomic E-state index is 0.109. The highest BCUT2D eigenvalue weighted by atomic mass is 32.1. The van der Waals surface area contributed by atoms with Crippen molar-refractivity contribution in [1.29, 1.82) is 0 Å². The molecule has 1 aromatic carbocycles. The van der Waals surface area contributed by atoms with Gasteiger partial charge in [0.15, 0.2) is 0 Å². The molecular weight excluding hydrogens is 204 g/mol. The van der Waals surface area contributed by atoms with Gasteiger partial charge in [0.05, 0.1) is 6.61 Å². The molecule has 0 aliphatic heterocycles. The molecule has 1 N–H and O–H groups in total. The largest absolute Gasteiger partial charge is 0.392 e. The van der Waals surface area contributed by atoms with Crippen LogP contribution in [0.2, 0.25) is 0 Å². The van der Waals surface area contributed by atoms with E-state index < -0.39 is 0 Å². The number of aryl methyl sites for hydroxylation is 2. The third-order valence-corrected chi connectivity index (χ3v) is 3.52. The first kappa shape index (κ1) is 10.4. The van der Waals surface area contributed by atoms with Gasteiger partial charge < -0.3 is 5.11 Å². The zero-order valence-corrected chi connectivity index (χ0v) is 9.77. The van der Waals surface area contributed by atoms with Gasteiger partial charge in [-0.3, -0.25) is 0 Å². The Morgan fingerprint density at radius 3 is 2.53 bits per heavy atom. The summed E-state index contributed by atoms with van der Waals surface area (Å²) >= 11 is 1.79. The van der Waals surface area contributed by atoms with E-state index in [-0.39, 0.29) is 6.61 Å². The van der Waals surface area contributed by atoms with Crippen LogP contribution in [0.25, 0.3) is 10.4 Å². The number of aliphatic hydroxyl groups is 1. The molecular formula is C13H14OS. The van der Waals surface area contributed by atoms with E-state index in [9.17, 15) is 0 Å². The molecule has 0 fully saturated rings. The Labute approximate surface area is 94.0 Å². The topological polar surface area (TPSA) is 20.2 Å². The molecule has 2 aromatic rings. The van der Waals surface area contributed by atoms with Gasteiger partial charge in [-0.15, -0.1) is 11.3 Å². The molecule has 2 rings (SSSR count). The first-order valence-electron chi connectivity index (χ1n) is 4.98. The van der Waals surface area contributed by atoms with Gasteiger partial charge in [0, 0.05) is 9.75 Å². The van der Waals surface area contributed by atoms with Gasteiger partial charge in [0.25, 0.3) is 0 Å². The van der Waals surface area contributed by atoms with E-state index in [0.717, 1.165) is 5.56 Å². The summed E-state index contributed by atoms with van der Waals surface area (Å²) < 4.78 is 0. The quantitative estimate of drug-likeness (QED) is 0.817. The number of rotatable bonds is 2. The first-order valence-corrected chi connectivity index (χ1v) is 5.79. The van der Waals surface area contributed by atoms with E-state index in [4.69, 9.17) is 5.11 Å². The Hall–Kier alpha value is -1.12. The Bertz CT molecular complexity index is 471. The number of benzene rings is 1. The van der Waals surface area contributed by atoms with Gasteiger partial charge in [0.2, 0.25) is 0 Å². The Balaban J connectivity index is 2.51. The molecule has 0 atom stereocenters. The summed E-state index contributed by atoms with van der Waals surface area (Å²) in [6, 6.07) is 10.4. The molecule has 1 nitrogen and oxygen atoms in total. The highest BCUT2D eigenvalue weighted by molar-refractivity contribution is 7.15. The van der Waals surface area contributed by atoms with E-state index >= 15 is 0 Å². The van der Waals surface area contributed by atoms with Crippen LogP contribution in [-0.2, 0) is 6.61 Å². The maximum Gasteiger partial charge on any atom is 0.0682 e. The van der Waals surface area contributed by atoms with Crippen molar-refractivity contribution in [2.24, 2.45) is 0 Å². The molecule has 0 unspecified atom stereocenters. The van der Waals surface area contributed by atoms with Gasteiger partial charge in [-0.05, 0) is 48.7 Å². The monoisotopic (exact) mass is 218 g/mol. The second kappa shape index (κ2) is 4.17. The molecule has 0 saturated heterocycles. The minimum Gasteiger partial charge on any atom is -0.392 e. The fraction of sp³-hybridized carbons (Fsp3) is 0.231. The van der Waals surface area contributed by atoms with Crippen LogP contribution in [0.3, 0.4) is 0 Å². The molecule has 15 heavy (non-hydrogen) atoms. The van der Waals surface area contributed by atoms with Crippen molar-refractivity contribution in [3.05, 3.63) is 46.3 Å². The van der Waals surface area contributed by atoms with Crippen molar-refractivity contribution >= 4 is 11.3 Å². The maximum absolute atomic E-state index is 9.11. The molecule has 1 aromatic heterocycles. The van der Waals surface area contributed by atoms with Crippen LogP contribution in [0.15, 0.2) is 30.3 Å². The fourth-order valence-electron chi connectivity index (χ4n) is 1.61. The number of hydrogen-bond donors (Lipinski definition) is 1. The predicted octanol–water partition coefficient (Wildman–Crippen LogP) is 3.52. The molecule has 2 heteroatoms. The molecule has 0 aliphatic rings. The van der Waals surface area contributed by atoms with E-state index in [1.807, 2.05) is 6.07 Å². The summed E-state index contributed by atoms with van der Waals surface area (Å²) in [5, 5.41) is 9.11. The summed E-state index contributed by atoms with van der Waals surface area (Å²) in [6.45, 7) is 4.32. The van der Waals surface area contributed by atoms with Crippen LogP contribution in [0.1, 0.15) is 16.0 Å². The van der Waals surface area contributed by atoms with Crippen molar-refractivity contribution in [2.45, 2.75) is 20.5 Å². The molecule has 0 radical (unpaired) electrons. The number of aliphatic hydroxyl groups excluding tert-OH is 1. The van der Waals surface area contributed by atoms with Gasteiger partial charge >= 0.3 is 0 Å². The Morgan fingerprint density at radius 1 is 1.13 bits per heavy atom. The van der Waals surface area contributed by atoms with Crippen LogP contribution in [-0.4, -0.2) is 5.11 Å². The molecule has 1 heterocycles. The lowest BCUT2D eigenvalue weighted by Crippen LogP contribution is -1.86. The SMILES string of the molecule is Cc1ccc(-c2cc(CO)ccc2C)s1. The highest BCUT2D eigenvalue weighted by Crippen LogP contribution is 2.30. The number of hydrogen-bond acceptors (Lipinski definition) is 2. The van der Waals surface area contributed by atoms with Crippen LogP contribution in [0, 0.1) is 13.8 Å². The molecule has 0 saturated carbocycles. The van der Waals surface area contributed by atoms with Gasteiger partial charge in [-0.2, -0.15) is 0 Å².